The van der Waals surface area contributed by atoms with E-state index in [0.29, 0.717) is 17.1 Å². The number of benzene rings is 1. The van der Waals surface area contributed by atoms with Gasteiger partial charge in [0, 0.05) is 11.8 Å². The number of rotatable bonds is 6. The molecule has 6 heteroatoms. The molecule has 1 atom stereocenters. The summed E-state index contributed by atoms with van der Waals surface area (Å²) in [5.41, 5.74) is 0.604. The lowest BCUT2D eigenvalue weighted by atomic mass is 10.2. The van der Waals surface area contributed by atoms with Gasteiger partial charge in [-0.2, -0.15) is 0 Å². The summed E-state index contributed by atoms with van der Waals surface area (Å²) in [6, 6.07) is 5.17. The Morgan fingerprint density at radius 2 is 2.29 bits per heavy atom. The number of hydrogen-bond donors (Lipinski definition) is 2. The largest absolute Gasteiger partial charge is 0.395 e. The van der Waals surface area contributed by atoms with Gasteiger partial charge in [0.2, 0.25) is 0 Å². The molecule has 0 amide bonds. The highest BCUT2D eigenvalue weighted by Gasteiger charge is 2.20. The Bertz CT molecular complexity index is 398. The minimum atomic E-state index is -0.385. The zero-order valence-electron chi connectivity index (χ0n) is 9.84. The summed E-state index contributed by atoms with van der Waals surface area (Å²) >= 11 is 1.31. The van der Waals surface area contributed by atoms with Crippen LogP contribution in [0.1, 0.15) is 13.8 Å². The second kappa shape index (κ2) is 6.46. The molecule has 1 aromatic rings. The normalized spacial score (nSPS) is 12.2. The second-order valence-electron chi connectivity index (χ2n) is 3.55. The molecule has 1 unspecified atom stereocenters. The third-order valence-corrected chi connectivity index (χ3v) is 3.27. The SMILES string of the molecule is CCNc1cccc(SC(C)CO)c1[N+](=O)[O-]. The summed E-state index contributed by atoms with van der Waals surface area (Å²) in [5.74, 6) is 0. The molecule has 0 saturated carbocycles. The smallest absolute Gasteiger partial charge is 0.305 e. The molecule has 0 spiro atoms. The van der Waals surface area contributed by atoms with E-state index in [2.05, 4.69) is 5.32 Å². The molecule has 0 saturated heterocycles. The van der Waals surface area contributed by atoms with Crippen LogP contribution in [0.25, 0.3) is 0 Å². The Labute approximate surface area is 104 Å². The van der Waals surface area contributed by atoms with Gasteiger partial charge in [0.1, 0.15) is 5.69 Å². The third-order valence-electron chi connectivity index (χ3n) is 2.13. The minimum Gasteiger partial charge on any atom is -0.395 e. The van der Waals surface area contributed by atoms with Crippen molar-refractivity contribution in [1.82, 2.24) is 0 Å². The van der Waals surface area contributed by atoms with Crippen LogP contribution < -0.4 is 5.32 Å². The number of anilines is 1. The maximum atomic E-state index is 11.1. The van der Waals surface area contributed by atoms with Gasteiger partial charge in [0.25, 0.3) is 0 Å². The lowest BCUT2D eigenvalue weighted by Gasteiger charge is -2.11. The van der Waals surface area contributed by atoms with E-state index in [-0.39, 0.29) is 22.5 Å². The maximum absolute atomic E-state index is 11.1. The zero-order valence-corrected chi connectivity index (χ0v) is 10.7. The van der Waals surface area contributed by atoms with Gasteiger partial charge in [-0.1, -0.05) is 13.0 Å². The highest BCUT2D eigenvalue weighted by Crippen LogP contribution is 2.37. The topological polar surface area (TPSA) is 75.4 Å². The van der Waals surface area contributed by atoms with Crippen LogP contribution in [0.3, 0.4) is 0 Å². The quantitative estimate of drug-likeness (QED) is 0.464. The summed E-state index contributed by atoms with van der Waals surface area (Å²) in [5, 5.41) is 23.0. The van der Waals surface area contributed by atoms with E-state index >= 15 is 0 Å². The van der Waals surface area contributed by atoms with Gasteiger partial charge < -0.3 is 10.4 Å². The van der Waals surface area contributed by atoms with Crippen molar-refractivity contribution in [2.75, 3.05) is 18.5 Å². The molecule has 0 heterocycles. The van der Waals surface area contributed by atoms with Crippen LogP contribution >= 0.6 is 11.8 Å². The first-order valence-electron chi connectivity index (χ1n) is 5.39. The predicted molar refractivity (Wildman–Crippen MR) is 69.7 cm³/mol. The van der Waals surface area contributed by atoms with Crippen LogP contribution in [-0.4, -0.2) is 28.4 Å². The van der Waals surface area contributed by atoms with Gasteiger partial charge in [-0.15, -0.1) is 11.8 Å². The molecule has 2 N–H and O–H groups in total. The van der Waals surface area contributed by atoms with E-state index in [1.54, 1.807) is 18.2 Å². The number of nitro groups is 1. The lowest BCUT2D eigenvalue weighted by Crippen LogP contribution is -2.05. The molecule has 0 aliphatic heterocycles. The zero-order chi connectivity index (χ0) is 12.8. The van der Waals surface area contributed by atoms with Crippen LogP contribution in [0.15, 0.2) is 23.1 Å². The average molecular weight is 256 g/mol. The van der Waals surface area contributed by atoms with Crippen LogP contribution in [0.4, 0.5) is 11.4 Å². The van der Waals surface area contributed by atoms with Gasteiger partial charge in [-0.25, -0.2) is 0 Å². The van der Waals surface area contributed by atoms with Crippen molar-refractivity contribution in [2.24, 2.45) is 0 Å². The van der Waals surface area contributed by atoms with Gasteiger partial charge >= 0.3 is 5.69 Å². The fourth-order valence-corrected chi connectivity index (χ4v) is 2.35. The van der Waals surface area contributed by atoms with Crippen molar-refractivity contribution in [2.45, 2.75) is 24.0 Å². The summed E-state index contributed by atoms with van der Waals surface area (Å²) in [6.07, 6.45) is 0. The van der Waals surface area contributed by atoms with Crippen LogP contribution in [0.5, 0.6) is 0 Å². The monoisotopic (exact) mass is 256 g/mol. The average Bonchev–Trinajstić information content (AvgIpc) is 2.29. The molecule has 1 aromatic carbocycles. The molecule has 94 valence electrons. The molecule has 5 nitrogen and oxygen atoms in total. The molecule has 0 aliphatic carbocycles. The lowest BCUT2D eigenvalue weighted by molar-refractivity contribution is -0.386. The van der Waals surface area contributed by atoms with E-state index in [9.17, 15) is 10.1 Å². The van der Waals surface area contributed by atoms with Crippen molar-refractivity contribution in [3.8, 4) is 0 Å². The van der Waals surface area contributed by atoms with Gasteiger partial charge in [0.05, 0.1) is 16.4 Å². The Morgan fingerprint density at radius 3 is 2.82 bits per heavy atom. The number of aliphatic hydroxyl groups is 1. The second-order valence-corrected chi connectivity index (χ2v) is 5.03. The first-order valence-corrected chi connectivity index (χ1v) is 6.26. The summed E-state index contributed by atoms with van der Waals surface area (Å²) in [7, 11) is 0. The standard InChI is InChI=1S/C11H16N2O3S/c1-3-12-9-5-4-6-10(11(9)13(15)16)17-8(2)7-14/h4-6,8,12,14H,3,7H2,1-2H3. The summed E-state index contributed by atoms with van der Waals surface area (Å²) < 4.78 is 0. The van der Waals surface area contributed by atoms with Crippen LogP contribution in [0, 0.1) is 10.1 Å². The maximum Gasteiger partial charge on any atom is 0.305 e. The number of hydrogen-bond acceptors (Lipinski definition) is 5. The van der Waals surface area contributed by atoms with Crippen molar-refractivity contribution in [3.63, 3.8) is 0 Å². The van der Waals surface area contributed by atoms with E-state index in [1.165, 1.54) is 11.8 Å². The Hall–Kier alpha value is -1.27. The van der Waals surface area contributed by atoms with E-state index < -0.39 is 0 Å². The van der Waals surface area contributed by atoms with Gasteiger partial charge in [0.15, 0.2) is 0 Å². The van der Waals surface area contributed by atoms with Crippen molar-refractivity contribution in [1.29, 1.82) is 0 Å². The Kier molecular flexibility index (Phi) is 5.24. The number of nitrogens with one attached hydrogen (secondary N) is 1. The fraction of sp³-hybridized carbons (Fsp3) is 0.455. The molecule has 0 aliphatic rings. The molecule has 0 radical (unpaired) electrons. The molecule has 0 aromatic heterocycles. The van der Waals surface area contributed by atoms with Gasteiger partial charge in [-0.05, 0) is 19.1 Å². The number of thioether (sulfide) groups is 1. The summed E-state index contributed by atoms with van der Waals surface area (Å²) in [4.78, 5) is 11.3. The third kappa shape index (κ3) is 3.61. The Morgan fingerprint density at radius 1 is 1.59 bits per heavy atom. The number of nitrogens with zero attached hydrogens (tertiary/aromatic N) is 1. The Balaban J connectivity index is 3.10. The van der Waals surface area contributed by atoms with E-state index in [4.69, 9.17) is 5.11 Å². The molecular formula is C11H16N2O3S. The van der Waals surface area contributed by atoms with Crippen molar-refractivity contribution < 1.29 is 10.0 Å². The van der Waals surface area contributed by atoms with Crippen molar-refractivity contribution >= 4 is 23.1 Å². The minimum absolute atomic E-state index is 0.00669. The first kappa shape index (κ1) is 13.8. The highest BCUT2D eigenvalue weighted by molar-refractivity contribution is 8.00. The number of aliphatic hydroxyl groups excluding tert-OH is 1. The molecule has 1 rings (SSSR count). The van der Waals surface area contributed by atoms with E-state index in [1.807, 2.05) is 13.8 Å². The number of nitro benzene ring substituents is 1. The summed E-state index contributed by atoms with van der Waals surface area (Å²) in [6.45, 7) is 4.34. The molecule has 0 fully saturated rings. The number of para-hydroxylation sites is 1. The van der Waals surface area contributed by atoms with E-state index in [0.717, 1.165) is 0 Å². The van der Waals surface area contributed by atoms with Crippen LogP contribution in [0.2, 0.25) is 0 Å². The predicted octanol–water partition coefficient (Wildman–Crippen LogP) is 2.50. The highest BCUT2D eigenvalue weighted by atomic mass is 32.2. The molecular weight excluding hydrogens is 240 g/mol. The van der Waals surface area contributed by atoms with Crippen LogP contribution in [-0.2, 0) is 0 Å². The van der Waals surface area contributed by atoms with Crippen molar-refractivity contribution in [3.05, 3.63) is 28.3 Å². The van der Waals surface area contributed by atoms with Gasteiger partial charge in [-0.3, -0.25) is 10.1 Å². The molecule has 0 bridgehead atoms. The molecule has 17 heavy (non-hydrogen) atoms. The fourth-order valence-electron chi connectivity index (χ4n) is 1.39. The first-order chi connectivity index (χ1) is 8.10.